The van der Waals surface area contributed by atoms with Gasteiger partial charge in [0.05, 0.1) is 12.3 Å². The number of anilines is 1. The number of amides is 1. The molecule has 0 saturated carbocycles. The van der Waals surface area contributed by atoms with Crippen LogP contribution in [0.2, 0.25) is 5.15 Å². The third kappa shape index (κ3) is 3.66. The van der Waals surface area contributed by atoms with Gasteiger partial charge in [0.1, 0.15) is 0 Å². The molecule has 0 radical (unpaired) electrons. The fraction of sp³-hybridized carbons (Fsp3) is 0.400. The second kappa shape index (κ2) is 6.27. The van der Waals surface area contributed by atoms with Gasteiger partial charge in [-0.1, -0.05) is 24.9 Å². The lowest BCUT2D eigenvalue weighted by Gasteiger charge is -2.07. The molecule has 1 amide bonds. The lowest BCUT2D eigenvalue weighted by Crippen LogP contribution is -2.15. The molecular weight excluding hydrogens is 235 g/mol. The van der Waals surface area contributed by atoms with Gasteiger partial charge in [-0.15, -0.1) is 0 Å². The molecule has 0 atom stereocenters. The fourth-order valence-corrected chi connectivity index (χ4v) is 1.13. The predicted octanol–water partition coefficient (Wildman–Crippen LogP) is 3.22. The van der Waals surface area contributed by atoms with Crippen LogP contribution >= 0.6 is 11.6 Å². The maximum absolute atomic E-state index is 13.3. The minimum Gasteiger partial charge on any atom is -0.449 e. The van der Waals surface area contributed by atoms with Crippen molar-refractivity contribution in [3.05, 3.63) is 23.2 Å². The van der Waals surface area contributed by atoms with Crippen molar-refractivity contribution in [2.75, 3.05) is 11.9 Å². The number of ether oxygens (including phenoxy) is 1. The summed E-state index contributed by atoms with van der Waals surface area (Å²) in [6, 6.07) is 1.31. The smallest absolute Gasteiger partial charge is 0.411 e. The van der Waals surface area contributed by atoms with E-state index in [4.69, 9.17) is 16.3 Å². The van der Waals surface area contributed by atoms with E-state index in [1.165, 1.54) is 12.3 Å². The summed E-state index contributed by atoms with van der Waals surface area (Å²) in [5.41, 5.74) is -0.0403. The minimum atomic E-state index is -0.767. The Labute approximate surface area is 97.8 Å². The molecule has 0 fully saturated rings. The summed E-state index contributed by atoms with van der Waals surface area (Å²) in [7, 11) is 0. The molecule has 1 N–H and O–H groups in total. The molecule has 6 heteroatoms. The SMILES string of the molecule is CCCCOC(=O)Nc1ccnc(Cl)c1F. The van der Waals surface area contributed by atoms with Crippen LogP contribution in [-0.2, 0) is 4.74 Å². The lowest BCUT2D eigenvalue weighted by atomic mass is 10.4. The zero-order valence-electron chi connectivity index (χ0n) is 8.80. The molecular formula is C10H12ClFN2O2. The summed E-state index contributed by atoms with van der Waals surface area (Å²) in [5, 5.41) is 1.96. The van der Waals surface area contributed by atoms with Gasteiger partial charge in [0, 0.05) is 6.20 Å². The first-order valence-corrected chi connectivity index (χ1v) is 5.26. The van der Waals surface area contributed by atoms with Crippen LogP contribution in [0.4, 0.5) is 14.9 Å². The topological polar surface area (TPSA) is 51.2 Å². The van der Waals surface area contributed by atoms with Crippen LogP contribution in [0.15, 0.2) is 12.3 Å². The molecule has 1 heterocycles. The van der Waals surface area contributed by atoms with E-state index < -0.39 is 11.9 Å². The van der Waals surface area contributed by atoms with Gasteiger partial charge in [-0.05, 0) is 12.5 Å². The number of unbranched alkanes of at least 4 members (excludes halogenated alkanes) is 1. The number of hydrogen-bond acceptors (Lipinski definition) is 3. The molecule has 0 aliphatic carbocycles. The number of pyridine rings is 1. The highest BCUT2D eigenvalue weighted by Gasteiger charge is 2.10. The third-order valence-electron chi connectivity index (χ3n) is 1.81. The molecule has 0 unspecified atom stereocenters. The van der Waals surface area contributed by atoms with Crippen molar-refractivity contribution in [2.24, 2.45) is 0 Å². The monoisotopic (exact) mass is 246 g/mol. The van der Waals surface area contributed by atoms with E-state index in [-0.39, 0.29) is 10.8 Å². The Morgan fingerprint density at radius 1 is 1.69 bits per heavy atom. The number of carbonyl (C=O) groups excluding carboxylic acids is 1. The molecule has 0 spiro atoms. The van der Waals surface area contributed by atoms with Crippen LogP contribution in [0.5, 0.6) is 0 Å². The Balaban J connectivity index is 2.53. The van der Waals surface area contributed by atoms with Gasteiger partial charge < -0.3 is 4.74 Å². The van der Waals surface area contributed by atoms with Crippen LogP contribution in [0.3, 0.4) is 0 Å². The van der Waals surface area contributed by atoms with Gasteiger partial charge in [0.15, 0.2) is 11.0 Å². The van der Waals surface area contributed by atoms with Gasteiger partial charge >= 0.3 is 6.09 Å². The number of nitrogens with one attached hydrogen (secondary N) is 1. The summed E-state index contributed by atoms with van der Waals surface area (Å²) in [6.07, 6.45) is 2.29. The average Bonchev–Trinajstić information content (AvgIpc) is 2.25. The van der Waals surface area contributed by atoms with E-state index >= 15 is 0 Å². The molecule has 1 aromatic rings. The second-order valence-corrected chi connectivity index (χ2v) is 3.44. The van der Waals surface area contributed by atoms with E-state index in [2.05, 4.69) is 10.3 Å². The number of aromatic nitrogens is 1. The first kappa shape index (κ1) is 12.7. The Kier molecular flexibility index (Phi) is 4.98. The van der Waals surface area contributed by atoms with Crippen molar-refractivity contribution in [2.45, 2.75) is 19.8 Å². The Hall–Kier alpha value is -1.36. The van der Waals surface area contributed by atoms with Crippen LogP contribution < -0.4 is 5.32 Å². The Bertz CT molecular complexity index is 374. The molecule has 0 aliphatic heterocycles. The number of carbonyl (C=O) groups is 1. The zero-order chi connectivity index (χ0) is 12.0. The summed E-state index contributed by atoms with van der Waals surface area (Å²) >= 11 is 5.45. The fourth-order valence-electron chi connectivity index (χ4n) is 0.970. The van der Waals surface area contributed by atoms with E-state index in [1.54, 1.807) is 0 Å². The molecule has 0 bridgehead atoms. The van der Waals surface area contributed by atoms with Crippen LogP contribution in [0.1, 0.15) is 19.8 Å². The molecule has 0 aromatic carbocycles. The van der Waals surface area contributed by atoms with Crippen molar-refractivity contribution < 1.29 is 13.9 Å². The van der Waals surface area contributed by atoms with Gasteiger partial charge in [-0.2, -0.15) is 0 Å². The van der Waals surface area contributed by atoms with E-state index in [0.717, 1.165) is 12.8 Å². The Morgan fingerprint density at radius 3 is 3.12 bits per heavy atom. The predicted molar refractivity (Wildman–Crippen MR) is 59.1 cm³/mol. The van der Waals surface area contributed by atoms with E-state index in [1.807, 2.05) is 6.92 Å². The standard InChI is InChI=1S/C10H12ClFN2O2/c1-2-3-6-16-10(15)14-7-4-5-13-9(11)8(7)12/h4-5H,2-3,6H2,1H3,(H,13,14,15). The largest absolute Gasteiger partial charge is 0.449 e. The minimum absolute atomic E-state index is 0.0403. The van der Waals surface area contributed by atoms with Crippen LogP contribution in [0, 0.1) is 5.82 Å². The molecule has 1 rings (SSSR count). The number of nitrogens with zero attached hydrogens (tertiary/aromatic N) is 1. The van der Waals surface area contributed by atoms with Crippen molar-refractivity contribution in [3.8, 4) is 0 Å². The number of halogens is 2. The number of hydrogen-bond donors (Lipinski definition) is 1. The lowest BCUT2D eigenvalue weighted by molar-refractivity contribution is 0.160. The maximum Gasteiger partial charge on any atom is 0.411 e. The first-order valence-electron chi connectivity index (χ1n) is 4.89. The second-order valence-electron chi connectivity index (χ2n) is 3.08. The molecule has 0 saturated heterocycles. The van der Waals surface area contributed by atoms with Gasteiger partial charge in [0.25, 0.3) is 0 Å². The highest BCUT2D eigenvalue weighted by Crippen LogP contribution is 2.19. The van der Waals surface area contributed by atoms with Gasteiger partial charge in [-0.3, -0.25) is 5.32 Å². The zero-order valence-corrected chi connectivity index (χ0v) is 9.55. The normalized spacial score (nSPS) is 9.94. The average molecular weight is 247 g/mol. The summed E-state index contributed by atoms with van der Waals surface area (Å²) in [6.45, 7) is 2.28. The van der Waals surface area contributed by atoms with Crippen LogP contribution in [-0.4, -0.2) is 17.7 Å². The Morgan fingerprint density at radius 2 is 2.44 bits per heavy atom. The van der Waals surface area contributed by atoms with Gasteiger partial charge in [-0.25, -0.2) is 14.2 Å². The van der Waals surface area contributed by atoms with Crippen molar-refractivity contribution in [1.29, 1.82) is 0 Å². The van der Waals surface area contributed by atoms with E-state index in [9.17, 15) is 9.18 Å². The molecule has 88 valence electrons. The third-order valence-corrected chi connectivity index (χ3v) is 2.08. The molecule has 0 aliphatic rings. The highest BCUT2D eigenvalue weighted by atomic mass is 35.5. The van der Waals surface area contributed by atoms with E-state index in [0.29, 0.717) is 6.61 Å². The quantitative estimate of drug-likeness (QED) is 0.656. The molecule has 16 heavy (non-hydrogen) atoms. The van der Waals surface area contributed by atoms with Crippen LogP contribution in [0.25, 0.3) is 0 Å². The summed E-state index contributed by atoms with van der Waals surface area (Å²) < 4.78 is 18.1. The van der Waals surface area contributed by atoms with Crippen molar-refractivity contribution >= 4 is 23.4 Å². The first-order chi connectivity index (χ1) is 7.65. The maximum atomic E-state index is 13.3. The van der Waals surface area contributed by atoms with Crippen molar-refractivity contribution in [3.63, 3.8) is 0 Å². The summed E-state index contributed by atoms with van der Waals surface area (Å²) in [5.74, 6) is -0.767. The number of rotatable bonds is 4. The highest BCUT2D eigenvalue weighted by molar-refractivity contribution is 6.29. The molecule has 1 aromatic heterocycles. The van der Waals surface area contributed by atoms with Crippen molar-refractivity contribution in [1.82, 2.24) is 4.98 Å². The molecule has 4 nitrogen and oxygen atoms in total. The van der Waals surface area contributed by atoms with Gasteiger partial charge in [0.2, 0.25) is 0 Å². The summed E-state index contributed by atoms with van der Waals surface area (Å²) in [4.78, 5) is 14.7.